The van der Waals surface area contributed by atoms with Crippen LogP contribution in [0.5, 0.6) is 0 Å². The van der Waals surface area contributed by atoms with Crippen molar-refractivity contribution in [1.82, 2.24) is 10.3 Å². The van der Waals surface area contributed by atoms with Gasteiger partial charge in [-0.2, -0.15) is 0 Å². The number of esters is 1. The maximum absolute atomic E-state index is 12.5. The van der Waals surface area contributed by atoms with E-state index in [1.165, 1.54) is 0 Å². The number of cyclic esters (lactones) is 1. The number of nitrogens with one attached hydrogen (secondary N) is 1. The van der Waals surface area contributed by atoms with Gasteiger partial charge < -0.3 is 10.1 Å². The van der Waals surface area contributed by atoms with Gasteiger partial charge in [-0.05, 0) is 56.5 Å². The second-order valence-corrected chi connectivity index (χ2v) is 7.85. The quantitative estimate of drug-likeness (QED) is 0.769. The first-order valence-electron chi connectivity index (χ1n) is 9.01. The number of halogens is 1. The van der Waals surface area contributed by atoms with Gasteiger partial charge in [-0.25, -0.2) is 0 Å². The first kappa shape index (κ1) is 19.4. The van der Waals surface area contributed by atoms with E-state index in [2.05, 4.69) is 10.3 Å². The molecule has 2 aromatic rings. The lowest BCUT2D eigenvalue weighted by molar-refractivity contribution is -0.145. The summed E-state index contributed by atoms with van der Waals surface area (Å²) in [5.41, 5.74) is 1.17. The minimum Gasteiger partial charge on any atom is -0.462 e. The minimum atomic E-state index is -0.596. The summed E-state index contributed by atoms with van der Waals surface area (Å²) in [5, 5.41) is 3.62. The lowest BCUT2D eigenvalue weighted by Gasteiger charge is -2.26. The number of pyridine rings is 1. The van der Waals surface area contributed by atoms with Crippen LogP contribution in [0.2, 0.25) is 5.02 Å². The maximum atomic E-state index is 12.5. The fourth-order valence-electron chi connectivity index (χ4n) is 3.37. The van der Waals surface area contributed by atoms with Crippen molar-refractivity contribution in [3.05, 3.63) is 64.9 Å². The van der Waals surface area contributed by atoms with Crippen molar-refractivity contribution in [3.8, 4) is 0 Å². The molecule has 1 amide bonds. The molecule has 1 aliphatic heterocycles. The van der Waals surface area contributed by atoms with Crippen molar-refractivity contribution in [3.63, 3.8) is 0 Å². The van der Waals surface area contributed by atoms with E-state index in [9.17, 15) is 9.59 Å². The molecule has 1 aliphatic rings. The molecule has 1 unspecified atom stereocenters. The zero-order valence-electron chi connectivity index (χ0n) is 15.4. The number of hydrogen-bond donors (Lipinski definition) is 1. The highest BCUT2D eigenvalue weighted by Gasteiger charge is 2.36. The molecule has 0 spiro atoms. The Kier molecular flexibility index (Phi) is 5.80. The zero-order chi connectivity index (χ0) is 19.4. The monoisotopic (exact) mass is 386 g/mol. The van der Waals surface area contributed by atoms with E-state index < -0.39 is 11.6 Å². The van der Waals surface area contributed by atoms with E-state index in [1.807, 2.05) is 50.2 Å². The second kappa shape index (κ2) is 8.09. The molecular weight excluding hydrogens is 364 g/mol. The van der Waals surface area contributed by atoms with Crippen molar-refractivity contribution in [2.24, 2.45) is 5.92 Å². The third-order valence-corrected chi connectivity index (χ3v) is 4.94. The Balaban J connectivity index is 1.55. The number of carbonyl (C=O) groups excluding carboxylic acids is 2. The van der Waals surface area contributed by atoms with Crippen LogP contribution in [0.25, 0.3) is 0 Å². The van der Waals surface area contributed by atoms with E-state index in [4.69, 9.17) is 16.3 Å². The Labute approximate surface area is 164 Å². The normalized spacial score (nSPS) is 19.6. The van der Waals surface area contributed by atoms with E-state index in [1.54, 1.807) is 12.3 Å². The van der Waals surface area contributed by atoms with Crippen LogP contribution in [-0.2, 0) is 26.3 Å². The summed E-state index contributed by atoms with van der Waals surface area (Å²) in [6, 6.07) is 13.0. The minimum absolute atomic E-state index is 0.147. The van der Waals surface area contributed by atoms with Crippen LogP contribution in [0.1, 0.15) is 37.9 Å². The molecule has 6 heteroatoms. The molecule has 2 heterocycles. The Hall–Kier alpha value is -2.40. The molecule has 0 bridgehead atoms. The van der Waals surface area contributed by atoms with Crippen LogP contribution in [0.15, 0.2) is 48.7 Å². The molecule has 2 atom stereocenters. The van der Waals surface area contributed by atoms with Gasteiger partial charge in [-0.3, -0.25) is 14.6 Å². The molecule has 1 aromatic carbocycles. The molecule has 1 aromatic heterocycles. The lowest BCUT2D eigenvalue weighted by atomic mass is 9.95. The zero-order valence-corrected chi connectivity index (χ0v) is 16.2. The number of ether oxygens (including phenoxy) is 1. The fourth-order valence-corrected chi connectivity index (χ4v) is 3.58. The number of nitrogens with zero attached hydrogens (tertiary/aromatic N) is 1. The number of benzene rings is 1. The lowest BCUT2D eigenvalue weighted by Crippen LogP contribution is -2.42. The first-order valence-corrected chi connectivity index (χ1v) is 9.39. The summed E-state index contributed by atoms with van der Waals surface area (Å²) >= 11 is 6.00. The molecule has 1 fully saturated rings. The Morgan fingerprint density at radius 1 is 1.30 bits per heavy atom. The number of hydrogen-bond acceptors (Lipinski definition) is 4. The van der Waals surface area contributed by atoms with Gasteiger partial charge in [0.05, 0.1) is 23.6 Å². The Morgan fingerprint density at radius 2 is 2.11 bits per heavy atom. The van der Waals surface area contributed by atoms with Crippen LogP contribution in [0, 0.1) is 5.92 Å². The van der Waals surface area contributed by atoms with Gasteiger partial charge >= 0.3 is 5.97 Å². The molecule has 142 valence electrons. The van der Waals surface area contributed by atoms with Crippen LogP contribution in [0.4, 0.5) is 0 Å². The predicted molar refractivity (Wildman–Crippen MR) is 103 cm³/mol. The maximum Gasteiger partial charge on any atom is 0.309 e. The van der Waals surface area contributed by atoms with E-state index in [0.29, 0.717) is 17.9 Å². The van der Waals surface area contributed by atoms with Gasteiger partial charge in [0.1, 0.15) is 6.10 Å². The third-order valence-electron chi connectivity index (χ3n) is 4.70. The molecule has 1 saturated heterocycles. The molecule has 1 N–H and O–H groups in total. The summed E-state index contributed by atoms with van der Waals surface area (Å²) in [5.74, 6) is -0.659. The highest BCUT2D eigenvalue weighted by atomic mass is 35.5. The highest BCUT2D eigenvalue weighted by molar-refractivity contribution is 6.30. The SMILES string of the molecule is CC(C)(NC(=O)C[C@H]1CC(Cc2cccc(Cl)c2)C(=O)O1)c1ccccn1. The summed E-state index contributed by atoms with van der Waals surface area (Å²) in [6.45, 7) is 3.80. The van der Waals surface area contributed by atoms with Crippen molar-refractivity contribution in [2.75, 3.05) is 0 Å². The molecule has 0 saturated carbocycles. The number of rotatable bonds is 6. The standard InChI is InChI=1S/C21H23ClN2O3/c1-21(2,18-8-3-4-9-23-18)24-19(25)13-17-12-15(20(26)27-17)10-14-6-5-7-16(22)11-14/h3-9,11,15,17H,10,12-13H2,1-2H3,(H,24,25)/t15?,17-/m1/s1. The van der Waals surface area contributed by atoms with E-state index in [-0.39, 0.29) is 24.2 Å². The van der Waals surface area contributed by atoms with Crippen LogP contribution >= 0.6 is 11.6 Å². The van der Waals surface area contributed by atoms with Gasteiger partial charge in [-0.15, -0.1) is 0 Å². The van der Waals surface area contributed by atoms with Gasteiger partial charge in [-0.1, -0.05) is 29.8 Å². The molecule has 0 aliphatic carbocycles. The fraction of sp³-hybridized carbons (Fsp3) is 0.381. The molecule has 5 nitrogen and oxygen atoms in total. The van der Waals surface area contributed by atoms with Gasteiger partial charge in [0.2, 0.25) is 5.91 Å². The van der Waals surface area contributed by atoms with Crippen molar-refractivity contribution < 1.29 is 14.3 Å². The van der Waals surface area contributed by atoms with Crippen LogP contribution in [0.3, 0.4) is 0 Å². The average molecular weight is 387 g/mol. The van der Waals surface area contributed by atoms with Gasteiger partial charge in [0, 0.05) is 11.2 Å². The van der Waals surface area contributed by atoms with E-state index in [0.717, 1.165) is 11.3 Å². The van der Waals surface area contributed by atoms with Crippen LogP contribution < -0.4 is 5.32 Å². The summed E-state index contributed by atoms with van der Waals surface area (Å²) in [7, 11) is 0. The summed E-state index contributed by atoms with van der Waals surface area (Å²) < 4.78 is 5.42. The second-order valence-electron chi connectivity index (χ2n) is 7.42. The first-order chi connectivity index (χ1) is 12.8. The predicted octanol–water partition coefficient (Wildman–Crippen LogP) is 3.65. The van der Waals surface area contributed by atoms with Gasteiger partial charge in [0.15, 0.2) is 0 Å². The molecule has 0 radical (unpaired) electrons. The molecule has 3 rings (SSSR count). The largest absolute Gasteiger partial charge is 0.462 e. The average Bonchev–Trinajstić information content (AvgIpc) is 2.94. The molecular formula is C21H23ClN2O3. The Morgan fingerprint density at radius 3 is 2.81 bits per heavy atom. The van der Waals surface area contributed by atoms with Crippen LogP contribution in [-0.4, -0.2) is 23.0 Å². The summed E-state index contributed by atoms with van der Waals surface area (Å²) in [6.07, 6.45) is 2.54. The van der Waals surface area contributed by atoms with E-state index >= 15 is 0 Å². The molecule has 27 heavy (non-hydrogen) atoms. The third kappa shape index (κ3) is 5.07. The number of aromatic nitrogens is 1. The van der Waals surface area contributed by atoms with Crippen molar-refractivity contribution >= 4 is 23.5 Å². The number of amides is 1. The van der Waals surface area contributed by atoms with Crippen molar-refractivity contribution in [1.29, 1.82) is 0 Å². The number of carbonyl (C=O) groups is 2. The summed E-state index contributed by atoms with van der Waals surface area (Å²) in [4.78, 5) is 28.9. The smallest absolute Gasteiger partial charge is 0.309 e. The topological polar surface area (TPSA) is 68.3 Å². The van der Waals surface area contributed by atoms with Gasteiger partial charge in [0.25, 0.3) is 0 Å². The Bertz CT molecular complexity index is 823. The van der Waals surface area contributed by atoms with Crippen molar-refractivity contribution in [2.45, 2.75) is 44.8 Å². The highest BCUT2D eigenvalue weighted by Crippen LogP contribution is 2.28.